The van der Waals surface area contributed by atoms with Gasteiger partial charge in [-0.2, -0.15) is 0 Å². The van der Waals surface area contributed by atoms with Crippen LogP contribution in [0.1, 0.15) is 0 Å². The second-order valence-corrected chi connectivity index (χ2v) is 4.09. The number of hydrogen-bond acceptors (Lipinski definition) is 4. The zero-order chi connectivity index (χ0) is 12.6. The summed E-state index contributed by atoms with van der Waals surface area (Å²) in [5, 5.41) is 22.8. The molecule has 0 saturated heterocycles. The highest BCUT2D eigenvalue weighted by atomic mass is 79.9. The minimum atomic E-state index is -0.755. The van der Waals surface area contributed by atoms with E-state index >= 15 is 0 Å². The van der Waals surface area contributed by atoms with E-state index in [0.717, 1.165) is 0 Å². The van der Waals surface area contributed by atoms with Crippen molar-refractivity contribution in [3.63, 3.8) is 0 Å². The average molecular weight is 297 g/mol. The lowest BCUT2D eigenvalue weighted by Gasteiger charge is -2.02. The van der Waals surface area contributed by atoms with Crippen molar-refractivity contribution >= 4 is 38.1 Å². The maximum Gasteiger partial charge on any atom is 0.360 e. The molecule has 0 radical (unpaired) electrons. The van der Waals surface area contributed by atoms with Crippen LogP contribution >= 0.6 is 15.9 Å². The minimum Gasteiger partial charge on any atom is -0.258 e. The molecule has 0 unspecified atom stereocenters. The molecule has 0 aliphatic rings. The fourth-order valence-electron chi connectivity index (χ4n) is 1.59. The lowest BCUT2D eigenvalue weighted by molar-refractivity contribution is -0.422. The lowest BCUT2D eigenvalue weighted by atomic mass is 10.1. The smallest absolute Gasteiger partial charge is 0.258 e. The Kier molecular flexibility index (Phi) is 2.76. The molecule has 0 aliphatic heterocycles. The van der Waals surface area contributed by atoms with Gasteiger partial charge in [0.15, 0.2) is 0 Å². The largest absolute Gasteiger partial charge is 0.360 e. The molecule has 0 bridgehead atoms. The summed E-state index contributed by atoms with van der Waals surface area (Å²) < 4.78 is 0.132. The van der Waals surface area contributed by atoms with Crippen molar-refractivity contribution in [2.75, 3.05) is 0 Å². The molecule has 0 aliphatic carbocycles. The van der Waals surface area contributed by atoms with Gasteiger partial charge in [-0.3, -0.25) is 20.2 Å². The molecule has 0 spiro atoms. The number of rotatable bonds is 2. The van der Waals surface area contributed by atoms with Crippen LogP contribution < -0.4 is 0 Å². The summed E-state index contributed by atoms with van der Waals surface area (Å²) in [6, 6.07) is 7.96. The van der Waals surface area contributed by atoms with E-state index < -0.39 is 21.2 Å². The molecule has 0 fully saturated rings. The highest BCUT2D eigenvalue weighted by molar-refractivity contribution is 9.10. The molecular formula is C10H5BrN2O4. The maximum absolute atomic E-state index is 10.9. The standard InChI is InChI=1S/C10H5BrN2O4/c11-9-7-4-2-1-3-6(7)5-8(12(14)15)10(9)13(16)17/h1-5H. The van der Waals surface area contributed by atoms with Gasteiger partial charge in [-0.25, -0.2) is 0 Å². The minimum absolute atomic E-state index is 0.132. The highest BCUT2D eigenvalue weighted by Crippen LogP contribution is 2.40. The first-order valence-corrected chi connectivity index (χ1v) is 5.31. The fraction of sp³-hybridized carbons (Fsp3) is 0. The number of fused-ring (bicyclic) bond motifs is 1. The number of nitro benzene ring substituents is 2. The van der Waals surface area contributed by atoms with Gasteiger partial charge in [0.2, 0.25) is 0 Å². The molecule has 86 valence electrons. The van der Waals surface area contributed by atoms with Crippen molar-refractivity contribution in [2.24, 2.45) is 0 Å². The molecule has 0 atom stereocenters. The molecule has 2 aromatic carbocycles. The Morgan fingerprint density at radius 2 is 1.71 bits per heavy atom. The summed E-state index contributed by atoms with van der Waals surface area (Å²) in [7, 11) is 0. The van der Waals surface area contributed by atoms with Gasteiger partial charge in [-0.05, 0) is 21.3 Å². The first kappa shape index (κ1) is 11.5. The van der Waals surface area contributed by atoms with Crippen molar-refractivity contribution in [3.8, 4) is 0 Å². The number of benzene rings is 2. The Bertz CT molecular complexity index is 641. The van der Waals surface area contributed by atoms with Crippen LogP contribution in [0.3, 0.4) is 0 Å². The molecule has 2 rings (SSSR count). The topological polar surface area (TPSA) is 86.3 Å². The normalized spacial score (nSPS) is 10.4. The predicted molar refractivity (Wildman–Crippen MR) is 65.0 cm³/mol. The van der Waals surface area contributed by atoms with Gasteiger partial charge in [0.05, 0.1) is 9.85 Å². The van der Waals surface area contributed by atoms with Crippen LogP contribution in [0.25, 0.3) is 10.8 Å². The predicted octanol–water partition coefficient (Wildman–Crippen LogP) is 3.42. The van der Waals surface area contributed by atoms with E-state index in [0.29, 0.717) is 10.8 Å². The second kappa shape index (κ2) is 4.10. The molecule has 0 N–H and O–H groups in total. The highest BCUT2D eigenvalue weighted by Gasteiger charge is 2.29. The van der Waals surface area contributed by atoms with Gasteiger partial charge in [0.1, 0.15) is 4.47 Å². The SMILES string of the molecule is O=[N+]([O-])c1cc2ccccc2c(Br)c1[N+](=O)[O-]. The van der Waals surface area contributed by atoms with Crippen molar-refractivity contribution in [1.29, 1.82) is 0 Å². The van der Waals surface area contributed by atoms with Crippen molar-refractivity contribution in [1.82, 2.24) is 0 Å². The lowest BCUT2D eigenvalue weighted by Crippen LogP contribution is -1.98. The van der Waals surface area contributed by atoms with E-state index in [1.54, 1.807) is 24.3 Å². The quantitative estimate of drug-likeness (QED) is 0.627. The molecule has 6 nitrogen and oxygen atoms in total. The van der Waals surface area contributed by atoms with Crippen LogP contribution in [0, 0.1) is 20.2 Å². The maximum atomic E-state index is 10.9. The van der Waals surface area contributed by atoms with E-state index in [9.17, 15) is 20.2 Å². The van der Waals surface area contributed by atoms with Crippen molar-refractivity contribution < 1.29 is 9.85 Å². The molecular weight excluding hydrogens is 292 g/mol. The van der Waals surface area contributed by atoms with Crippen LogP contribution in [0.15, 0.2) is 34.8 Å². The first-order chi connectivity index (χ1) is 8.02. The third-order valence-electron chi connectivity index (χ3n) is 2.32. The number of hydrogen-bond donors (Lipinski definition) is 0. The van der Waals surface area contributed by atoms with E-state index in [1.165, 1.54) is 6.07 Å². The van der Waals surface area contributed by atoms with Gasteiger partial charge in [0.25, 0.3) is 0 Å². The summed E-state index contributed by atoms with van der Waals surface area (Å²) in [6.45, 7) is 0. The van der Waals surface area contributed by atoms with Gasteiger partial charge in [-0.1, -0.05) is 24.3 Å². The monoisotopic (exact) mass is 296 g/mol. The van der Waals surface area contributed by atoms with Crippen LogP contribution in [0.2, 0.25) is 0 Å². The van der Waals surface area contributed by atoms with E-state index in [2.05, 4.69) is 15.9 Å². The molecule has 17 heavy (non-hydrogen) atoms. The molecule has 7 heteroatoms. The zero-order valence-corrected chi connectivity index (χ0v) is 9.88. The molecule has 0 heterocycles. The van der Waals surface area contributed by atoms with Crippen LogP contribution in [0.5, 0.6) is 0 Å². The molecule has 2 aromatic rings. The van der Waals surface area contributed by atoms with Crippen LogP contribution in [-0.2, 0) is 0 Å². The zero-order valence-electron chi connectivity index (χ0n) is 8.29. The summed E-state index contributed by atoms with van der Waals surface area (Å²) >= 11 is 3.06. The number of nitrogens with zero attached hydrogens (tertiary/aromatic N) is 2. The number of nitro groups is 2. The third-order valence-corrected chi connectivity index (χ3v) is 3.12. The van der Waals surface area contributed by atoms with Crippen molar-refractivity contribution in [2.45, 2.75) is 0 Å². The van der Waals surface area contributed by atoms with E-state index in [-0.39, 0.29) is 4.47 Å². The van der Waals surface area contributed by atoms with Crippen LogP contribution in [-0.4, -0.2) is 9.85 Å². The molecule has 0 aromatic heterocycles. The van der Waals surface area contributed by atoms with Crippen LogP contribution in [0.4, 0.5) is 11.4 Å². The van der Waals surface area contributed by atoms with E-state index in [1.807, 2.05) is 0 Å². The first-order valence-electron chi connectivity index (χ1n) is 4.52. The Balaban J connectivity index is 2.94. The summed E-state index contributed by atoms with van der Waals surface area (Å²) in [5.41, 5.74) is -1.03. The summed E-state index contributed by atoms with van der Waals surface area (Å²) in [4.78, 5) is 20.2. The Labute approximate surface area is 103 Å². The Morgan fingerprint density at radius 1 is 1.06 bits per heavy atom. The molecule has 0 amide bonds. The summed E-state index contributed by atoms with van der Waals surface area (Å²) in [6.07, 6.45) is 0. The third kappa shape index (κ3) is 1.84. The summed E-state index contributed by atoms with van der Waals surface area (Å²) in [5.74, 6) is 0. The van der Waals surface area contributed by atoms with E-state index in [4.69, 9.17) is 0 Å². The average Bonchev–Trinajstić information content (AvgIpc) is 2.28. The number of halogens is 1. The van der Waals surface area contributed by atoms with Crippen molar-refractivity contribution in [3.05, 3.63) is 55.0 Å². The van der Waals surface area contributed by atoms with Gasteiger partial charge >= 0.3 is 11.4 Å². The van der Waals surface area contributed by atoms with Gasteiger partial charge in [0, 0.05) is 11.5 Å². The fourth-order valence-corrected chi connectivity index (χ4v) is 2.30. The second-order valence-electron chi connectivity index (χ2n) is 3.29. The Hall–Kier alpha value is -2.02. The van der Waals surface area contributed by atoms with Gasteiger partial charge < -0.3 is 0 Å². The Morgan fingerprint density at radius 3 is 2.29 bits per heavy atom. The molecule has 0 saturated carbocycles. The van der Waals surface area contributed by atoms with Gasteiger partial charge in [-0.15, -0.1) is 0 Å².